The van der Waals surface area contributed by atoms with Gasteiger partial charge < -0.3 is 14.7 Å². The number of likely N-dealkylation sites (tertiary alicyclic amines) is 1. The molecule has 1 aliphatic rings. The highest BCUT2D eigenvalue weighted by atomic mass is 16.5. The van der Waals surface area contributed by atoms with E-state index in [1.165, 1.54) is 6.42 Å². The number of aliphatic hydroxyl groups excluding tert-OH is 1. The minimum atomic E-state index is -0.390. The van der Waals surface area contributed by atoms with E-state index < -0.39 is 0 Å². The average Bonchev–Trinajstić information content (AvgIpc) is 2.44. The lowest BCUT2D eigenvalue weighted by Gasteiger charge is -2.36. The number of nitrogens with zero attached hydrogens (tertiary/aromatic N) is 1. The van der Waals surface area contributed by atoms with Gasteiger partial charge in [-0.2, -0.15) is 0 Å². The fourth-order valence-electron chi connectivity index (χ4n) is 2.75. The lowest BCUT2D eigenvalue weighted by atomic mass is 9.88. The predicted molar refractivity (Wildman–Crippen MR) is 81.5 cm³/mol. The van der Waals surface area contributed by atoms with Gasteiger partial charge in [0.1, 0.15) is 0 Å². The van der Waals surface area contributed by atoms with Crippen LogP contribution in [0.2, 0.25) is 0 Å². The molecule has 0 aliphatic carbocycles. The molecule has 2 rings (SSSR count). The Kier molecular flexibility index (Phi) is 6.02. The van der Waals surface area contributed by atoms with Crippen molar-refractivity contribution in [2.75, 3.05) is 26.2 Å². The molecule has 3 unspecified atom stereocenters. The molecule has 20 heavy (non-hydrogen) atoms. The molecular weight excluding hydrogens is 250 g/mol. The van der Waals surface area contributed by atoms with E-state index in [9.17, 15) is 5.11 Å². The molecule has 0 spiro atoms. The molecule has 1 heterocycles. The molecule has 1 N–H and O–H groups in total. The first-order chi connectivity index (χ1) is 9.65. The number of hydrogen-bond acceptors (Lipinski definition) is 3. The molecule has 0 bridgehead atoms. The Morgan fingerprint density at radius 1 is 1.25 bits per heavy atom. The second-order valence-electron chi connectivity index (χ2n) is 6.16. The molecule has 1 aromatic carbocycles. The SMILES string of the molecule is CC1CCN(CC(O)COCc2ccccc2)CC1C. The van der Waals surface area contributed by atoms with Crippen LogP contribution in [0.3, 0.4) is 0 Å². The maximum Gasteiger partial charge on any atom is 0.0900 e. The van der Waals surface area contributed by atoms with Gasteiger partial charge in [0, 0.05) is 13.1 Å². The normalized spacial score (nSPS) is 25.6. The van der Waals surface area contributed by atoms with Crippen LogP contribution in [0.5, 0.6) is 0 Å². The smallest absolute Gasteiger partial charge is 0.0900 e. The van der Waals surface area contributed by atoms with Crippen LogP contribution in [0.15, 0.2) is 30.3 Å². The molecule has 3 nitrogen and oxygen atoms in total. The van der Waals surface area contributed by atoms with Crippen molar-refractivity contribution in [3.63, 3.8) is 0 Å². The van der Waals surface area contributed by atoms with E-state index in [4.69, 9.17) is 4.74 Å². The summed E-state index contributed by atoms with van der Waals surface area (Å²) in [5, 5.41) is 10.1. The van der Waals surface area contributed by atoms with Crippen molar-refractivity contribution >= 4 is 0 Å². The molecule has 3 heteroatoms. The molecule has 0 aromatic heterocycles. The first kappa shape index (κ1) is 15.5. The highest BCUT2D eigenvalue weighted by molar-refractivity contribution is 5.13. The average molecular weight is 277 g/mol. The van der Waals surface area contributed by atoms with Crippen molar-refractivity contribution in [3.05, 3.63) is 35.9 Å². The molecule has 112 valence electrons. The van der Waals surface area contributed by atoms with E-state index in [0.29, 0.717) is 13.2 Å². The predicted octanol–water partition coefficient (Wildman–Crippen LogP) is 2.54. The first-order valence-electron chi connectivity index (χ1n) is 7.67. The zero-order valence-electron chi connectivity index (χ0n) is 12.7. The quantitative estimate of drug-likeness (QED) is 0.867. The van der Waals surface area contributed by atoms with Gasteiger partial charge in [-0.3, -0.25) is 0 Å². The molecule has 0 radical (unpaired) electrons. The summed E-state index contributed by atoms with van der Waals surface area (Å²) >= 11 is 0. The van der Waals surface area contributed by atoms with Gasteiger partial charge in [-0.25, -0.2) is 0 Å². The molecule has 1 fully saturated rings. The molecule has 3 atom stereocenters. The molecule has 1 aliphatic heterocycles. The number of rotatable bonds is 6. The second-order valence-corrected chi connectivity index (χ2v) is 6.16. The van der Waals surface area contributed by atoms with Crippen LogP contribution < -0.4 is 0 Å². The second kappa shape index (κ2) is 7.77. The fourth-order valence-corrected chi connectivity index (χ4v) is 2.75. The Labute approximate surface area is 122 Å². The summed E-state index contributed by atoms with van der Waals surface area (Å²) < 4.78 is 5.59. The highest BCUT2D eigenvalue weighted by Crippen LogP contribution is 2.22. The summed E-state index contributed by atoms with van der Waals surface area (Å²) in [6.45, 7) is 8.53. The van der Waals surface area contributed by atoms with Crippen molar-refractivity contribution in [2.24, 2.45) is 11.8 Å². The zero-order chi connectivity index (χ0) is 14.4. The van der Waals surface area contributed by atoms with E-state index >= 15 is 0 Å². The highest BCUT2D eigenvalue weighted by Gasteiger charge is 2.23. The molecular formula is C17H27NO2. The van der Waals surface area contributed by atoms with Crippen LogP contribution in [-0.2, 0) is 11.3 Å². The van der Waals surface area contributed by atoms with Crippen LogP contribution in [-0.4, -0.2) is 42.4 Å². The third-order valence-corrected chi connectivity index (χ3v) is 4.31. The van der Waals surface area contributed by atoms with E-state index in [0.717, 1.165) is 37.0 Å². The summed E-state index contributed by atoms with van der Waals surface area (Å²) in [5.41, 5.74) is 1.15. The number of hydrogen-bond donors (Lipinski definition) is 1. The topological polar surface area (TPSA) is 32.7 Å². The number of aliphatic hydroxyl groups is 1. The van der Waals surface area contributed by atoms with Crippen molar-refractivity contribution in [3.8, 4) is 0 Å². The van der Waals surface area contributed by atoms with Gasteiger partial charge >= 0.3 is 0 Å². The molecule has 1 aromatic rings. The fraction of sp³-hybridized carbons (Fsp3) is 0.647. The maximum atomic E-state index is 10.1. The van der Waals surface area contributed by atoms with E-state index in [1.54, 1.807) is 0 Å². The number of benzene rings is 1. The Morgan fingerprint density at radius 3 is 2.70 bits per heavy atom. The van der Waals surface area contributed by atoms with Gasteiger partial charge in [0.15, 0.2) is 0 Å². The molecule has 0 saturated carbocycles. The summed E-state index contributed by atoms with van der Waals surface area (Å²) in [4.78, 5) is 2.36. The van der Waals surface area contributed by atoms with E-state index in [-0.39, 0.29) is 6.10 Å². The number of ether oxygens (including phenoxy) is 1. The van der Waals surface area contributed by atoms with Gasteiger partial charge in [-0.05, 0) is 30.4 Å². The van der Waals surface area contributed by atoms with E-state index in [2.05, 4.69) is 18.7 Å². The van der Waals surface area contributed by atoms with Gasteiger partial charge in [0.2, 0.25) is 0 Å². The molecule has 0 amide bonds. The van der Waals surface area contributed by atoms with Gasteiger partial charge in [-0.1, -0.05) is 44.2 Å². The third-order valence-electron chi connectivity index (χ3n) is 4.31. The third kappa shape index (κ3) is 4.89. The maximum absolute atomic E-state index is 10.1. The minimum Gasteiger partial charge on any atom is -0.389 e. The summed E-state index contributed by atoms with van der Waals surface area (Å²) in [6.07, 6.45) is 0.845. The van der Waals surface area contributed by atoms with Gasteiger partial charge in [-0.15, -0.1) is 0 Å². The summed E-state index contributed by atoms with van der Waals surface area (Å²) in [6, 6.07) is 10.1. The first-order valence-corrected chi connectivity index (χ1v) is 7.67. The Balaban J connectivity index is 1.64. The van der Waals surface area contributed by atoms with Crippen LogP contribution in [0.25, 0.3) is 0 Å². The lowest BCUT2D eigenvalue weighted by Crippen LogP contribution is -2.43. The van der Waals surface area contributed by atoms with Gasteiger partial charge in [0.05, 0.1) is 19.3 Å². The monoisotopic (exact) mass is 277 g/mol. The van der Waals surface area contributed by atoms with Crippen LogP contribution in [0.1, 0.15) is 25.8 Å². The van der Waals surface area contributed by atoms with Crippen LogP contribution in [0.4, 0.5) is 0 Å². The summed E-state index contributed by atoms with van der Waals surface area (Å²) in [5.74, 6) is 1.53. The van der Waals surface area contributed by atoms with E-state index in [1.807, 2.05) is 30.3 Å². The summed E-state index contributed by atoms with van der Waals surface area (Å²) in [7, 11) is 0. The zero-order valence-corrected chi connectivity index (χ0v) is 12.7. The largest absolute Gasteiger partial charge is 0.389 e. The Morgan fingerprint density at radius 2 is 2.00 bits per heavy atom. The Hall–Kier alpha value is -0.900. The molecule has 1 saturated heterocycles. The van der Waals surface area contributed by atoms with Crippen molar-refractivity contribution < 1.29 is 9.84 Å². The van der Waals surface area contributed by atoms with Crippen molar-refractivity contribution in [1.29, 1.82) is 0 Å². The standard InChI is InChI=1S/C17H27NO2/c1-14-8-9-18(10-15(14)2)11-17(19)13-20-12-16-6-4-3-5-7-16/h3-7,14-15,17,19H,8-13H2,1-2H3. The number of β-amino-alcohol motifs (C(OH)–C–C–N with tert-alkyl or cyclic N) is 1. The van der Waals surface area contributed by atoms with Crippen LogP contribution >= 0.6 is 0 Å². The number of piperidine rings is 1. The van der Waals surface area contributed by atoms with Crippen LogP contribution in [0, 0.1) is 11.8 Å². The van der Waals surface area contributed by atoms with Crippen molar-refractivity contribution in [1.82, 2.24) is 4.90 Å². The Bertz CT molecular complexity index is 382. The lowest BCUT2D eigenvalue weighted by molar-refractivity contribution is -0.000291. The van der Waals surface area contributed by atoms with Gasteiger partial charge in [0.25, 0.3) is 0 Å². The van der Waals surface area contributed by atoms with Crippen molar-refractivity contribution in [2.45, 2.75) is 33.0 Å². The minimum absolute atomic E-state index is 0.390.